The summed E-state index contributed by atoms with van der Waals surface area (Å²) in [4.78, 5) is 32.5. The number of aromatic nitrogens is 3. The summed E-state index contributed by atoms with van der Waals surface area (Å²) >= 11 is 0. The van der Waals surface area contributed by atoms with Crippen molar-refractivity contribution in [2.75, 3.05) is 18.4 Å². The molecule has 7 heteroatoms. The van der Waals surface area contributed by atoms with Crippen molar-refractivity contribution < 1.29 is 9.59 Å². The Morgan fingerprint density at radius 1 is 0.921 bits per heavy atom. The fourth-order valence-electron chi connectivity index (χ4n) is 4.80. The molecule has 6 rings (SSSR count). The van der Waals surface area contributed by atoms with Gasteiger partial charge in [-0.3, -0.25) is 14.3 Å². The first-order valence-electron chi connectivity index (χ1n) is 12.6. The molecule has 2 aromatic heterocycles. The normalized spacial score (nSPS) is 13.4. The molecule has 1 fully saturated rings. The van der Waals surface area contributed by atoms with E-state index in [-0.39, 0.29) is 11.8 Å². The largest absolute Gasteiger partial charge is 0.337 e. The van der Waals surface area contributed by atoms with E-state index < -0.39 is 0 Å². The van der Waals surface area contributed by atoms with Gasteiger partial charge in [0.25, 0.3) is 11.8 Å². The van der Waals surface area contributed by atoms with Crippen LogP contribution in [0.25, 0.3) is 22.2 Å². The van der Waals surface area contributed by atoms with Gasteiger partial charge in [-0.2, -0.15) is 5.10 Å². The van der Waals surface area contributed by atoms with Gasteiger partial charge < -0.3 is 10.2 Å². The standard InChI is InChI=1S/C31H27N5O2/c1-20-7-8-24(17-29(20)33-30(37)28-14-13-22-5-3-4-6-26(22)32-28)31(38)36-18-25(19-36)21-9-11-23(12-10-21)27-15-16-35(2)34-27/h3-17,25H,18-19H2,1-2H3,(H,33,37). The first-order chi connectivity index (χ1) is 18.4. The van der Waals surface area contributed by atoms with Crippen molar-refractivity contribution in [3.8, 4) is 11.3 Å². The van der Waals surface area contributed by atoms with Crippen LogP contribution in [-0.2, 0) is 7.05 Å². The number of benzene rings is 3. The second-order valence-corrected chi connectivity index (χ2v) is 9.78. The van der Waals surface area contributed by atoms with E-state index in [2.05, 4.69) is 39.7 Å². The second-order valence-electron chi connectivity index (χ2n) is 9.78. The van der Waals surface area contributed by atoms with E-state index in [4.69, 9.17) is 0 Å². The van der Waals surface area contributed by atoms with Gasteiger partial charge in [0, 0.05) is 54.5 Å². The van der Waals surface area contributed by atoms with Crippen LogP contribution in [0.1, 0.15) is 37.9 Å². The molecular weight excluding hydrogens is 474 g/mol. The Hall–Kier alpha value is -4.78. The number of nitrogens with zero attached hydrogens (tertiary/aromatic N) is 4. The van der Waals surface area contributed by atoms with E-state index >= 15 is 0 Å². The summed E-state index contributed by atoms with van der Waals surface area (Å²) in [6, 6.07) is 27.1. The third-order valence-electron chi connectivity index (χ3n) is 7.12. The fourth-order valence-corrected chi connectivity index (χ4v) is 4.80. The van der Waals surface area contributed by atoms with Crippen molar-refractivity contribution in [1.82, 2.24) is 19.7 Å². The Balaban J connectivity index is 1.11. The maximum atomic E-state index is 13.2. The van der Waals surface area contributed by atoms with E-state index in [1.165, 1.54) is 5.56 Å². The van der Waals surface area contributed by atoms with E-state index in [0.717, 1.165) is 27.7 Å². The van der Waals surface area contributed by atoms with Crippen molar-refractivity contribution in [2.24, 2.45) is 7.05 Å². The Morgan fingerprint density at radius 2 is 1.71 bits per heavy atom. The highest BCUT2D eigenvalue weighted by molar-refractivity contribution is 6.05. The van der Waals surface area contributed by atoms with Gasteiger partial charge in [0.2, 0.25) is 0 Å². The number of carbonyl (C=O) groups is 2. The molecule has 0 saturated carbocycles. The molecule has 1 saturated heterocycles. The number of amides is 2. The Labute approximate surface area is 220 Å². The number of pyridine rings is 1. The first kappa shape index (κ1) is 23.6. The predicted molar refractivity (Wildman–Crippen MR) is 148 cm³/mol. The van der Waals surface area contributed by atoms with Crippen molar-refractivity contribution in [3.63, 3.8) is 0 Å². The Morgan fingerprint density at radius 3 is 2.47 bits per heavy atom. The predicted octanol–water partition coefficient (Wildman–Crippen LogP) is 5.44. The van der Waals surface area contributed by atoms with Crippen LogP contribution in [0, 0.1) is 6.92 Å². The van der Waals surface area contributed by atoms with Crippen LogP contribution < -0.4 is 5.32 Å². The summed E-state index contributed by atoms with van der Waals surface area (Å²) in [6.07, 6.45) is 1.93. The molecule has 0 unspecified atom stereocenters. The van der Waals surface area contributed by atoms with Crippen molar-refractivity contribution >= 4 is 28.4 Å². The minimum atomic E-state index is -0.304. The summed E-state index contributed by atoms with van der Waals surface area (Å²) < 4.78 is 1.79. The van der Waals surface area contributed by atoms with Crippen LogP contribution in [0.5, 0.6) is 0 Å². The highest BCUT2D eigenvalue weighted by atomic mass is 16.2. The number of hydrogen-bond donors (Lipinski definition) is 1. The quantitative estimate of drug-likeness (QED) is 0.348. The second kappa shape index (κ2) is 9.59. The van der Waals surface area contributed by atoms with Crippen LogP contribution >= 0.6 is 0 Å². The van der Waals surface area contributed by atoms with Gasteiger partial charge in [-0.15, -0.1) is 0 Å². The van der Waals surface area contributed by atoms with Crippen LogP contribution in [-0.4, -0.2) is 44.6 Å². The van der Waals surface area contributed by atoms with Crippen LogP contribution in [0.15, 0.2) is 91.1 Å². The summed E-state index contributed by atoms with van der Waals surface area (Å²) in [6.45, 7) is 3.24. The molecule has 3 aromatic carbocycles. The van der Waals surface area contributed by atoms with Crippen molar-refractivity contribution in [2.45, 2.75) is 12.8 Å². The summed E-state index contributed by atoms with van der Waals surface area (Å²) in [5.41, 5.74) is 6.38. The summed E-state index contributed by atoms with van der Waals surface area (Å²) in [5.74, 6) is -0.0346. The number of nitrogens with one attached hydrogen (secondary N) is 1. The maximum Gasteiger partial charge on any atom is 0.274 e. The zero-order valence-electron chi connectivity index (χ0n) is 21.3. The van der Waals surface area contributed by atoms with E-state index in [9.17, 15) is 9.59 Å². The minimum absolute atomic E-state index is 0.0364. The van der Waals surface area contributed by atoms with E-state index in [1.807, 2.05) is 73.6 Å². The molecule has 0 atom stereocenters. The van der Waals surface area contributed by atoms with Gasteiger partial charge >= 0.3 is 0 Å². The number of para-hydroxylation sites is 1. The number of aryl methyl sites for hydroxylation is 2. The van der Waals surface area contributed by atoms with Crippen LogP contribution in [0.2, 0.25) is 0 Å². The molecule has 5 aromatic rings. The molecule has 1 aliphatic heterocycles. The molecule has 0 radical (unpaired) electrons. The Kier molecular flexibility index (Phi) is 5.96. The monoisotopic (exact) mass is 501 g/mol. The average Bonchev–Trinajstić information content (AvgIpc) is 3.35. The van der Waals surface area contributed by atoms with Gasteiger partial charge in [-0.05, 0) is 48.4 Å². The lowest BCUT2D eigenvalue weighted by atomic mass is 9.90. The van der Waals surface area contributed by atoms with Crippen molar-refractivity contribution in [3.05, 3.63) is 114 Å². The number of anilines is 1. The molecule has 3 heterocycles. The molecule has 2 amide bonds. The van der Waals surface area contributed by atoms with E-state index in [0.29, 0.717) is 36.0 Å². The topological polar surface area (TPSA) is 80.1 Å². The lowest BCUT2D eigenvalue weighted by molar-refractivity contribution is 0.0602. The van der Waals surface area contributed by atoms with Crippen molar-refractivity contribution in [1.29, 1.82) is 0 Å². The molecule has 0 bridgehead atoms. The number of carbonyl (C=O) groups excluding carboxylic acids is 2. The van der Waals surface area contributed by atoms with Crippen LogP contribution in [0.4, 0.5) is 5.69 Å². The lowest BCUT2D eigenvalue weighted by Crippen LogP contribution is -2.48. The maximum absolute atomic E-state index is 13.2. The van der Waals surface area contributed by atoms with Gasteiger partial charge in [0.05, 0.1) is 11.2 Å². The zero-order valence-corrected chi connectivity index (χ0v) is 21.3. The molecule has 188 valence electrons. The third kappa shape index (κ3) is 4.54. The minimum Gasteiger partial charge on any atom is -0.337 e. The number of likely N-dealkylation sites (tertiary alicyclic amines) is 1. The first-order valence-corrected chi connectivity index (χ1v) is 12.6. The Bertz CT molecular complexity index is 1670. The third-order valence-corrected chi connectivity index (χ3v) is 7.12. The smallest absolute Gasteiger partial charge is 0.274 e. The fraction of sp³-hybridized carbons (Fsp3) is 0.161. The number of hydrogen-bond acceptors (Lipinski definition) is 4. The number of fused-ring (bicyclic) bond motifs is 1. The molecule has 0 aliphatic carbocycles. The average molecular weight is 502 g/mol. The van der Waals surface area contributed by atoms with Gasteiger partial charge in [-0.25, -0.2) is 4.98 Å². The SMILES string of the molecule is Cc1ccc(C(=O)N2CC(c3ccc(-c4ccn(C)n4)cc3)C2)cc1NC(=O)c1ccc2ccccc2n1. The zero-order chi connectivity index (χ0) is 26.2. The number of rotatable bonds is 5. The molecule has 1 aliphatic rings. The highest BCUT2D eigenvalue weighted by Crippen LogP contribution is 2.30. The molecule has 1 N–H and O–H groups in total. The molecular formula is C31H27N5O2. The lowest BCUT2D eigenvalue weighted by Gasteiger charge is -2.39. The van der Waals surface area contributed by atoms with Gasteiger partial charge in [-0.1, -0.05) is 54.6 Å². The van der Waals surface area contributed by atoms with E-state index in [1.54, 1.807) is 16.8 Å². The van der Waals surface area contributed by atoms with Gasteiger partial charge in [0.1, 0.15) is 5.69 Å². The highest BCUT2D eigenvalue weighted by Gasteiger charge is 2.32. The van der Waals surface area contributed by atoms with Crippen LogP contribution in [0.3, 0.4) is 0 Å². The molecule has 0 spiro atoms. The molecule has 38 heavy (non-hydrogen) atoms. The summed E-state index contributed by atoms with van der Waals surface area (Å²) in [7, 11) is 1.91. The molecule has 7 nitrogen and oxygen atoms in total. The van der Waals surface area contributed by atoms with Gasteiger partial charge in [0.15, 0.2) is 0 Å². The summed E-state index contributed by atoms with van der Waals surface area (Å²) in [5, 5.41) is 8.37.